The Kier molecular flexibility index (Phi) is 17.5. The molecule has 11 nitrogen and oxygen atoms in total. The Morgan fingerprint density at radius 2 is 1.49 bits per heavy atom. The van der Waals surface area contributed by atoms with Crippen LogP contribution in [0.5, 0.6) is 0 Å². The van der Waals surface area contributed by atoms with Crippen molar-refractivity contribution in [2.24, 2.45) is 47.3 Å². The van der Waals surface area contributed by atoms with Crippen molar-refractivity contribution in [1.29, 1.82) is 0 Å². The summed E-state index contributed by atoms with van der Waals surface area (Å²) in [4.78, 5) is 40.3. The molecule has 2 fully saturated rings. The van der Waals surface area contributed by atoms with E-state index in [1.807, 2.05) is 25.2 Å². The molecule has 55 heavy (non-hydrogen) atoms. The van der Waals surface area contributed by atoms with Crippen LogP contribution in [0.25, 0.3) is 0 Å². The van der Waals surface area contributed by atoms with E-state index in [1.165, 1.54) is 39.8 Å². The highest BCUT2D eigenvalue weighted by molar-refractivity contribution is 5.91. The van der Waals surface area contributed by atoms with Crippen LogP contribution in [0.4, 0.5) is 0 Å². The molecule has 2 saturated heterocycles. The lowest BCUT2D eigenvalue weighted by Gasteiger charge is -2.52. The fourth-order valence-electron chi connectivity index (χ4n) is 8.60. The minimum absolute atomic E-state index is 0.144. The Morgan fingerprint density at radius 1 is 0.836 bits per heavy atom. The van der Waals surface area contributed by atoms with Crippen molar-refractivity contribution in [3.05, 3.63) is 36.5 Å². The van der Waals surface area contributed by atoms with E-state index in [9.17, 15) is 39.9 Å². The van der Waals surface area contributed by atoms with Crippen molar-refractivity contribution in [3.63, 3.8) is 0 Å². The molecule has 0 unspecified atom stereocenters. The summed E-state index contributed by atoms with van der Waals surface area (Å²) in [6.07, 6.45) is 10.1. The molecule has 0 aromatic heterocycles. The zero-order valence-corrected chi connectivity index (χ0v) is 35.0. The van der Waals surface area contributed by atoms with Crippen LogP contribution in [0.3, 0.4) is 0 Å². The van der Waals surface area contributed by atoms with Crippen LogP contribution < -0.4 is 0 Å². The van der Waals surface area contributed by atoms with Gasteiger partial charge >= 0.3 is 5.97 Å². The van der Waals surface area contributed by atoms with E-state index in [4.69, 9.17) is 14.2 Å². The second-order valence-corrected chi connectivity index (χ2v) is 17.6. The number of fused-ring (bicyclic) bond motifs is 2. The van der Waals surface area contributed by atoms with Crippen molar-refractivity contribution in [2.75, 3.05) is 0 Å². The van der Waals surface area contributed by atoms with E-state index in [0.717, 1.165) is 19.3 Å². The van der Waals surface area contributed by atoms with E-state index >= 15 is 0 Å². The van der Waals surface area contributed by atoms with Crippen LogP contribution >= 0.6 is 0 Å². The molecule has 2 bridgehead atoms. The predicted octanol–water partition coefficient (Wildman–Crippen LogP) is 5.64. The van der Waals surface area contributed by atoms with Gasteiger partial charge in [0.1, 0.15) is 17.5 Å². The van der Waals surface area contributed by atoms with Gasteiger partial charge in [-0.05, 0) is 70.1 Å². The van der Waals surface area contributed by atoms with E-state index in [-0.39, 0.29) is 30.0 Å². The van der Waals surface area contributed by atoms with E-state index in [0.29, 0.717) is 32.1 Å². The second kappa shape index (κ2) is 20.4. The third-order valence-electron chi connectivity index (χ3n) is 12.9. The molecular weight excluding hydrogens is 704 g/mol. The maximum atomic E-state index is 13.5. The van der Waals surface area contributed by atoms with Crippen LogP contribution in [-0.4, -0.2) is 97.2 Å². The SMILES string of the molecule is CC[C@H]1/C=C/C=C/C[C@@H](C)[C@H](O)[C@](C)(O)C(=O)[C@@H](C)[C@@H](O)[C@@H](C)C(=O)[C@@H](C)[C@H](O)[C@H](C)/C=C/C(=O)O[C@@H]2C[C@]3(CC[C@@H](C)[C@@H](C[C@H](C)O)O3)O[C@H](CC1)[C@@H]2C. The fraction of sp³-hybridized carbons (Fsp3) is 0.795. The number of ketones is 2. The standard InChI is InChI=1S/C44H72O11/c1-11-33-16-14-12-13-15-27(4)41(50)43(10,52)42(51)32(9)40(49)31(8)39(48)30(7)38(47)26(3)17-20-37(46)53-36-24-44(54-34(19-18-33)29(36)6)22-21-25(2)35(55-44)23-28(5)45/h12-14,16-17,20,25-36,38,40-41,45,47,49-50,52H,11,15,18-19,21-24H2,1-10H3/b13-12+,16-14+,20-17+/t25-,26-,27-,28+,29+,30+,31+,32+,33+,34-,35-,36-,38-,40+,41+,43+,44-/m1/s1. The molecule has 3 rings (SSSR count). The number of aliphatic hydroxyl groups excluding tert-OH is 4. The Labute approximate surface area is 329 Å². The highest BCUT2D eigenvalue weighted by atomic mass is 16.7. The number of carbonyl (C=O) groups excluding carboxylic acids is 3. The first-order chi connectivity index (χ1) is 25.6. The van der Waals surface area contributed by atoms with Crippen LogP contribution in [0.1, 0.15) is 121 Å². The first kappa shape index (κ1) is 47.1. The van der Waals surface area contributed by atoms with Crippen LogP contribution in [0, 0.1) is 47.3 Å². The van der Waals surface area contributed by atoms with Crippen molar-refractivity contribution >= 4 is 17.5 Å². The number of rotatable bonds is 3. The molecule has 5 N–H and O–H groups in total. The molecule has 0 aromatic rings. The van der Waals surface area contributed by atoms with E-state index < -0.39 is 89.0 Å². The first-order valence-corrected chi connectivity index (χ1v) is 20.8. The largest absolute Gasteiger partial charge is 0.459 e. The molecule has 3 aliphatic heterocycles. The van der Waals surface area contributed by atoms with Gasteiger partial charge in [0.15, 0.2) is 11.6 Å². The summed E-state index contributed by atoms with van der Waals surface area (Å²) in [5, 5.41) is 54.9. The quantitative estimate of drug-likeness (QED) is 0.224. The lowest BCUT2D eigenvalue weighted by molar-refractivity contribution is -0.347. The smallest absolute Gasteiger partial charge is 0.330 e. The number of ether oxygens (including phenoxy) is 3. The average Bonchev–Trinajstić information content (AvgIpc) is 3.14. The lowest BCUT2D eigenvalue weighted by Crippen LogP contribution is -2.57. The van der Waals surface area contributed by atoms with Crippen molar-refractivity contribution in [3.8, 4) is 0 Å². The summed E-state index contributed by atoms with van der Waals surface area (Å²) < 4.78 is 19.7. The topological polar surface area (TPSA) is 180 Å². The number of esters is 1. The van der Waals surface area contributed by atoms with Crippen molar-refractivity contribution in [1.82, 2.24) is 0 Å². The first-order valence-electron chi connectivity index (χ1n) is 20.8. The molecule has 3 heterocycles. The zero-order valence-electron chi connectivity index (χ0n) is 35.0. The number of Topliss-reactive ketones (excluding diaryl/α,β-unsaturated/α-hetero) is 2. The Morgan fingerprint density at radius 3 is 2.13 bits per heavy atom. The summed E-state index contributed by atoms with van der Waals surface area (Å²) in [5.74, 6) is -6.86. The highest BCUT2D eigenvalue weighted by Gasteiger charge is 2.51. The van der Waals surface area contributed by atoms with Gasteiger partial charge in [-0.15, -0.1) is 0 Å². The molecule has 17 atom stereocenters. The number of carbonyl (C=O) groups is 3. The monoisotopic (exact) mass is 777 g/mol. The number of hydrogen-bond acceptors (Lipinski definition) is 11. The minimum atomic E-state index is -2.18. The molecule has 0 radical (unpaired) electrons. The summed E-state index contributed by atoms with van der Waals surface area (Å²) in [6, 6.07) is 0. The molecule has 0 saturated carbocycles. The van der Waals surface area contributed by atoms with Gasteiger partial charge in [0.05, 0.1) is 36.6 Å². The molecule has 3 aliphatic rings. The van der Waals surface area contributed by atoms with Crippen molar-refractivity contribution in [2.45, 2.75) is 175 Å². The normalized spacial score (nSPS) is 46.1. The Balaban J connectivity index is 1.95. The van der Waals surface area contributed by atoms with Crippen molar-refractivity contribution < 1.29 is 54.1 Å². The average molecular weight is 777 g/mol. The van der Waals surface area contributed by atoms with Gasteiger partial charge in [0.2, 0.25) is 0 Å². The van der Waals surface area contributed by atoms with Crippen LogP contribution in [0.15, 0.2) is 36.5 Å². The molecule has 11 heteroatoms. The third-order valence-corrected chi connectivity index (χ3v) is 12.9. The van der Waals surface area contributed by atoms with Gasteiger partial charge in [0, 0.05) is 48.5 Å². The summed E-state index contributed by atoms with van der Waals surface area (Å²) in [6.45, 7) is 17.1. The predicted molar refractivity (Wildman–Crippen MR) is 210 cm³/mol. The van der Waals surface area contributed by atoms with Gasteiger partial charge in [-0.2, -0.15) is 0 Å². The Bertz CT molecular complexity index is 1350. The van der Waals surface area contributed by atoms with Gasteiger partial charge in [-0.1, -0.05) is 85.8 Å². The molecular formula is C44H72O11. The maximum absolute atomic E-state index is 13.5. The van der Waals surface area contributed by atoms with E-state index in [2.05, 4.69) is 19.9 Å². The molecule has 0 aliphatic carbocycles. The molecule has 314 valence electrons. The minimum Gasteiger partial charge on any atom is -0.459 e. The number of hydrogen-bond donors (Lipinski definition) is 5. The van der Waals surface area contributed by atoms with Gasteiger partial charge in [0.25, 0.3) is 0 Å². The Hall–Kier alpha value is -2.25. The van der Waals surface area contributed by atoms with Gasteiger partial charge in [-0.25, -0.2) is 4.79 Å². The fourth-order valence-corrected chi connectivity index (χ4v) is 8.60. The molecule has 0 aromatic carbocycles. The summed E-state index contributed by atoms with van der Waals surface area (Å²) in [5.41, 5.74) is -2.18. The number of allylic oxidation sites excluding steroid dienone is 4. The molecule has 0 amide bonds. The van der Waals surface area contributed by atoms with Gasteiger partial charge in [-0.3, -0.25) is 9.59 Å². The third kappa shape index (κ3) is 12.1. The highest BCUT2D eigenvalue weighted by Crippen LogP contribution is 2.46. The second-order valence-electron chi connectivity index (χ2n) is 17.6. The summed E-state index contributed by atoms with van der Waals surface area (Å²) in [7, 11) is 0. The summed E-state index contributed by atoms with van der Waals surface area (Å²) >= 11 is 0. The number of aliphatic hydroxyl groups is 5. The lowest BCUT2D eigenvalue weighted by atomic mass is 9.75. The van der Waals surface area contributed by atoms with Crippen LogP contribution in [0.2, 0.25) is 0 Å². The van der Waals surface area contributed by atoms with Crippen LogP contribution in [-0.2, 0) is 28.6 Å². The van der Waals surface area contributed by atoms with E-state index in [1.54, 1.807) is 20.8 Å². The van der Waals surface area contributed by atoms with Gasteiger partial charge < -0.3 is 39.7 Å². The zero-order chi connectivity index (χ0) is 41.4. The molecule has 1 spiro atoms. The maximum Gasteiger partial charge on any atom is 0.330 e.